The Morgan fingerprint density at radius 1 is 1.41 bits per heavy atom. The van der Waals surface area contributed by atoms with Gasteiger partial charge in [0.2, 0.25) is 5.91 Å². The Hall–Kier alpha value is -1.69. The predicted molar refractivity (Wildman–Crippen MR) is 86.9 cm³/mol. The number of aromatic nitrogens is 3. The molecule has 2 aromatic rings. The summed E-state index contributed by atoms with van der Waals surface area (Å²) in [5.74, 6) is 1.36. The molecule has 1 aliphatic rings. The number of hydrogen-bond acceptors (Lipinski definition) is 4. The average molecular weight is 318 g/mol. The summed E-state index contributed by atoms with van der Waals surface area (Å²) in [6.07, 6.45) is 10.1. The zero-order valence-corrected chi connectivity index (χ0v) is 13.8. The molecule has 0 aromatic carbocycles. The highest BCUT2D eigenvalue weighted by Gasteiger charge is 2.25. The van der Waals surface area contributed by atoms with Gasteiger partial charge in [0, 0.05) is 56.3 Å². The number of carbonyl (C=O) groups excluding carboxylic acids is 1. The minimum atomic E-state index is 0.248. The van der Waals surface area contributed by atoms with Crippen LogP contribution < -0.4 is 0 Å². The highest BCUT2D eigenvalue weighted by atomic mass is 32.1. The second kappa shape index (κ2) is 7.05. The summed E-state index contributed by atoms with van der Waals surface area (Å²) in [5, 5.41) is 3.01. The van der Waals surface area contributed by atoms with E-state index >= 15 is 0 Å². The van der Waals surface area contributed by atoms with Crippen molar-refractivity contribution in [3.63, 3.8) is 0 Å². The van der Waals surface area contributed by atoms with Crippen LogP contribution >= 0.6 is 11.3 Å². The van der Waals surface area contributed by atoms with E-state index in [4.69, 9.17) is 0 Å². The van der Waals surface area contributed by atoms with Crippen molar-refractivity contribution in [3.05, 3.63) is 34.8 Å². The molecule has 0 spiro atoms. The first-order valence-corrected chi connectivity index (χ1v) is 8.83. The maximum atomic E-state index is 12.4. The highest BCUT2D eigenvalue weighted by molar-refractivity contribution is 7.09. The number of piperidine rings is 1. The van der Waals surface area contributed by atoms with E-state index in [0.717, 1.165) is 49.6 Å². The Morgan fingerprint density at radius 3 is 3.09 bits per heavy atom. The van der Waals surface area contributed by atoms with E-state index in [1.54, 1.807) is 17.5 Å². The van der Waals surface area contributed by atoms with Crippen molar-refractivity contribution in [1.29, 1.82) is 0 Å². The van der Waals surface area contributed by atoms with E-state index in [1.165, 1.54) is 0 Å². The molecule has 3 heterocycles. The molecule has 6 heteroatoms. The van der Waals surface area contributed by atoms with Gasteiger partial charge in [0.05, 0.1) is 11.0 Å². The van der Waals surface area contributed by atoms with Crippen LogP contribution in [0.5, 0.6) is 0 Å². The standard InChI is InChI=1S/C16H22N4OS/c1-2-14-17-7-10-20(14)13-4-3-9-19(12-13)16(21)6-5-15-18-8-11-22-15/h7-8,10-11,13H,2-6,9,12H2,1H3/t13-/m0/s1. The third-order valence-corrected chi connectivity index (χ3v) is 5.08. The van der Waals surface area contributed by atoms with E-state index in [9.17, 15) is 4.79 Å². The Bertz CT molecular complexity index is 607. The van der Waals surface area contributed by atoms with Crippen LogP contribution in [0.3, 0.4) is 0 Å². The van der Waals surface area contributed by atoms with E-state index in [2.05, 4.69) is 21.5 Å². The minimum absolute atomic E-state index is 0.248. The Morgan fingerprint density at radius 2 is 2.32 bits per heavy atom. The summed E-state index contributed by atoms with van der Waals surface area (Å²) in [4.78, 5) is 23.1. The van der Waals surface area contributed by atoms with Crippen LogP contribution in [0.2, 0.25) is 0 Å². The van der Waals surface area contributed by atoms with E-state index < -0.39 is 0 Å². The van der Waals surface area contributed by atoms with Gasteiger partial charge >= 0.3 is 0 Å². The number of aryl methyl sites for hydroxylation is 2. The molecule has 1 aliphatic heterocycles. The van der Waals surface area contributed by atoms with Crippen LogP contribution in [-0.4, -0.2) is 38.4 Å². The lowest BCUT2D eigenvalue weighted by atomic mass is 10.0. The molecule has 118 valence electrons. The molecule has 0 radical (unpaired) electrons. The largest absolute Gasteiger partial charge is 0.341 e. The lowest BCUT2D eigenvalue weighted by Gasteiger charge is -2.34. The number of rotatable bonds is 5. The first-order valence-electron chi connectivity index (χ1n) is 7.95. The summed E-state index contributed by atoms with van der Waals surface area (Å²) in [6, 6.07) is 0.370. The van der Waals surface area contributed by atoms with Gasteiger partial charge in [-0.1, -0.05) is 6.92 Å². The molecular weight excluding hydrogens is 296 g/mol. The van der Waals surface area contributed by atoms with Crippen LogP contribution in [-0.2, 0) is 17.6 Å². The molecule has 1 atom stereocenters. The molecule has 0 N–H and O–H groups in total. The van der Waals surface area contributed by atoms with Gasteiger partial charge in [0.1, 0.15) is 5.82 Å². The first kappa shape index (κ1) is 15.2. The van der Waals surface area contributed by atoms with Gasteiger partial charge < -0.3 is 9.47 Å². The van der Waals surface area contributed by atoms with Gasteiger partial charge in [-0.25, -0.2) is 9.97 Å². The van der Waals surface area contributed by atoms with Crippen molar-refractivity contribution in [2.24, 2.45) is 0 Å². The van der Waals surface area contributed by atoms with Gasteiger partial charge in [-0.05, 0) is 12.8 Å². The Labute approximate surface area is 135 Å². The number of amides is 1. The molecule has 1 saturated heterocycles. The summed E-state index contributed by atoms with van der Waals surface area (Å²) in [6.45, 7) is 3.81. The number of likely N-dealkylation sites (tertiary alicyclic amines) is 1. The molecule has 3 rings (SSSR count). The summed E-state index contributed by atoms with van der Waals surface area (Å²) < 4.78 is 2.25. The maximum Gasteiger partial charge on any atom is 0.223 e. The Kier molecular flexibility index (Phi) is 4.87. The monoisotopic (exact) mass is 318 g/mol. The molecule has 5 nitrogen and oxygen atoms in total. The van der Waals surface area contributed by atoms with E-state index in [-0.39, 0.29) is 5.91 Å². The van der Waals surface area contributed by atoms with Crippen molar-refractivity contribution in [1.82, 2.24) is 19.4 Å². The zero-order valence-electron chi connectivity index (χ0n) is 12.9. The normalized spacial score (nSPS) is 18.6. The quantitative estimate of drug-likeness (QED) is 0.851. The van der Waals surface area contributed by atoms with Crippen molar-refractivity contribution < 1.29 is 4.79 Å². The third kappa shape index (κ3) is 3.38. The lowest BCUT2D eigenvalue weighted by Crippen LogP contribution is -2.41. The van der Waals surface area contributed by atoms with Crippen LogP contribution in [0.4, 0.5) is 0 Å². The SMILES string of the molecule is CCc1nccn1[C@H]1CCCN(C(=O)CCc2nccs2)C1. The van der Waals surface area contributed by atoms with E-state index in [1.807, 2.05) is 22.7 Å². The fourth-order valence-corrected chi connectivity index (χ4v) is 3.73. The molecule has 22 heavy (non-hydrogen) atoms. The summed E-state index contributed by atoms with van der Waals surface area (Å²) in [7, 11) is 0. The molecule has 0 bridgehead atoms. The average Bonchev–Trinajstić information content (AvgIpc) is 3.23. The van der Waals surface area contributed by atoms with Gasteiger partial charge in [-0.15, -0.1) is 11.3 Å². The fourth-order valence-electron chi connectivity index (χ4n) is 3.11. The van der Waals surface area contributed by atoms with Crippen LogP contribution in [0, 0.1) is 0 Å². The molecule has 0 unspecified atom stereocenters. The lowest BCUT2D eigenvalue weighted by molar-refractivity contribution is -0.132. The predicted octanol–water partition coefficient (Wildman–Crippen LogP) is 2.70. The van der Waals surface area contributed by atoms with Crippen LogP contribution in [0.15, 0.2) is 24.0 Å². The van der Waals surface area contributed by atoms with Gasteiger partial charge in [-0.3, -0.25) is 4.79 Å². The number of imidazole rings is 1. The summed E-state index contributed by atoms with van der Waals surface area (Å²) in [5.41, 5.74) is 0. The number of hydrogen-bond donors (Lipinski definition) is 0. The molecule has 1 amide bonds. The Balaban J connectivity index is 1.59. The van der Waals surface area contributed by atoms with Gasteiger partial charge in [-0.2, -0.15) is 0 Å². The molecule has 1 fully saturated rings. The second-order valence-electron chi connectivity index (χ2n) is 5.67. The molecule has 0 aliphatic carbocycles. The smallest absolute Gasteiger partial charge is 0.223 e. The van der Waals surface area contributed by atoms with Crippen LogP contribution in [0.25, 0.3) is 0 Å². The number of nitrogens with zero attached hydrogens (tertiary/aromatic N) is 4. The van der Waals surface area contributed by atoms with Crippen molar-refractivity contribution >= 4 is 17.2 Å². The molecular formula is C16H22N4OS. The zero-order chi connectivity index (χ0) is 15.4. The van der Waals surface area contributed by atoms with Gasteiger partial charge in [0.15, 0.2) is 0 Å². The maximum absolute atomic E-state index is 12.4. The molecule has 0 saturated carbocycles. The second-order valence-corrected chi connectivity index (χ2v) is 6.65. The number of carbonyl (C=O) groups is 1. The van der Waals surface area contributed by atoms with Crippen LogP contribution in [0.1, 0.15) is 43.1 Å². The third-order valence-electron chi connectivity index (χ3n) is 4.24. The van der Waals surface area contributed by atoms with Gasteiger partial charge in [0.25, 0.3) is 0 Å². The minimum Gasteiger partial charge on any atom is -0.341 e. The van der Waals surface area contributed by atoms with Crippen molar-refractivity contribution in [3.8, 4) is 0 Å². The fraction of sp³-hybridized carbons (Fsp3) is 0.562. The van der Waals surface area contributed by atoms with E-state index in [0.29, 0.717) is 12.5 Å². The first-order chi connectivity index (χ1) is 10.8. The van der Waals surface area contributed by atoms with Crippen molar-refractivity contribution in [2.75, 3.05) is 13.1 Å². The summed E-state index contributed by atoms with van der Waals surface area (Å²) >= 11 is 1.62. The molecule has 2 aromatic heterocycles. The highest BCUT2D eigenvalue weighted by Crippen LogP contribution is 2.23. The van der Waals surface area contributed by atoms with Crippen molar-refractivity contribution in [2.45, 2.75) is 45.1 Å². The topological polar surface area (TPSA) is 51.0 Å². The number of thiazole rings is 1.